The van der Waals surface area contributed by atoms with E-state index in [1.54, 1.807) is 6.20 Å². The molecule has 0 spiro atoms. The molecule has 3 heterocycles. The van der Waals surface area contributed by atoms with Crippen molar-refractivity contribution in [3.05, 3.63) is 76.6 Å². The highest BCUT2D eigenvalue weighted by molar-refractivity contribution is 6.07. The molecule has 0 bridgehead atoms. The molecule has 2 amide bonds. The number of allylic oxidation sites excluding steroid dienone is 1. The van der Waals surface area contributed by atoms with E-state index in [0.717, 1.165) is 28.8 Å². The lowest BCUT2D eigenvalue weighted by atomic mass is 9.82. The molecule has 4 rings (SSSR count). The molecule has 1 atom stereocenters. The van der Waals surface area contributed by atoms with Crippen LogP contribution in [0.5, 0.6) is 0 Å². The summed E-state index contributed by atoms with van der Waals surface area (Å²) < 4.78 is 1.89. The number of benzene rings is 1. The average Bonchev–Trinajstić information content (AvgIpc) is 3.29. The number of rotatable bonds is 8. The van der Waals surface area contributed by atoms with Gasteiger partial charge in [0.2, 0.25) is 5.91 Å². The van der Waals surface area contributed by atoms with Crippen LogP contribution in [0.1, 0.15) is 96.4 Å². The van der Waals surface area contributed by atoms with Crippen molar-refractivity contribution in [1.82, 2.24) is 30.7 Å². The second-order valence-electron chi connectivity index (χ2n) is 12.8. The first-order valence-electron chi connectivity index (χ1n) is 14.4. The van der Waals surface area contributed by atoms with Crippen molar-refractivity contribution in [2.45, 2.75) is 91.9 Å². The fraction of sp³-hybridized carbons (Fsp3) is 0.455. The maximum Gasteiger partial charge on any atom is 0.252 e. The quantitative estimate of drug-likeness (QED) is 0.315. The van der Waals surface area contributed by atoms with Gasteiger partial charge in [-0.15, -0.1) is 0 Å². The van der Waals surface area contributed by atoms with Crippen molar-refractivity contribution in [3.63, 3.8) is 0 Å². The second kappa shape index (κ2) is 11.6. The third-order valence-corrected chi connectivity index (χ3v) is 7.34. The molecule has 3 aromatic rings. The Balaban J connectivity index is 1.80. The van der Waals surface area contributed by atoms with Gasteiger partial charge in [-0.25, -0.2) is 9.67 Å². The number of aromatic nitrogens is 3. The van der Waals surface area contributed by atoms with Crippen molar-refractivity contribution >= 4 is 28.4 Å². The van der Waals surface area contributed by atoms with E-state index in [9.17, 15) is 9.59 Å². The Morgan fingerprint density at radius 2 is 1.76 bits per heavy atom. The van der Waals surface area contributed by atoms with Gasteiger partial charge < -0.3 is 16.0 Å². The van der Waals surface area contributed by atoms with Crippen LogP contribution in [-0.2, 0) is 4.79 Å². The average molecular weight is 557 g/mol. The number of hydrogen-bond acceptors (Lipinski definition) is 5. The van der Waals surface area contributed by atoms with Crippen LogP contribution in [0.4, 0.5) is 0 Å². The number of carbonyl (C=O) groups excluding carboxylic acids is 2. The summed E-state index contributed by atoms with van der Waals surface area (Å²) in [5.74, 6) is -0.440. The third-order valence-electron chi connectivity index (χ3n) is 7.34. The van der Waals surface area contributed by atoms with Gasteiger partial charge in [0, 0.05) is 29.2 Å². The number of nitrogens with one attached hydrogen (secondary N) is 3. The minimum Gasteiger partial charge on any atom is -0.350 e. The molecule has 1 aliphatic rings. The minimum absolute atomic E-state index is 0.000801. The van der Waals surface area contributed by atoms with Crippen molar-refractivity contribution in [1.29, 1.82) is 0 Å². The van der Waals surface area contributed by atoms with E-state index in [4.69, 9.17) is 10.1 Å². The molecule has 0 fully saturated rings. The van der Waals surface area contributed by atoms with Crippen molar-refractivity contribution in [2.24, 2.45) is 0 Å². The van der Waals surface area contributed by atoms with E-state index in [2.05, 4.69) is 68.8 Å². The molecule has 0 saturated heterocycles. The monoisotopic (exact) mass is 556 g/mol. The van der Waals surface area contributed by atoms with Gasteiger partial charge in [0.05, 0.1) is 28.9 Å². The summed E-state index contributed by atoms with van der Waals surface area (Å²) in [6.45, 7) is 18.5. The first-order valence-corrected chi connectivity index (χ1v) is 14.4. The number of fused-ring (bicyclic) bond motifs is 1. The van der Waals surface area contributed by atoms with Crippen molar-refractivity contribution in [3.8, 4) is 0 Å². The lowest BCUT2D eigenvalue weighted by molar-refractivity contribution is -0.118. The zero-order valence-corrected chi connectivity index (χ0v) is 25.8. The van der Waals surface area contributed by atoms with Crippen LogP contribution in [0.25, 0.3) is 16.6 Å². The second-order valence-corrected chi connectivity index (χ2v) is 12.8. The Kier molecular flexibility index (Phi) is 8.54. The molecule has 41 heavy (non-hydrogen) atoms. The highest BCUT2D eigenvalue weighted by atomic mass is 16.2. The van der Waals surface area contributed by atoms with Gasteiger partial charge in [0.15, 0.2) is 5.65 Å². The Morgan fingerprint density at radius 3 is 2.37 bits per heavy atom. The standard InChI is InChI=1S/C33H44N6O2/c1-20(2)26(31(41)36-21(3)4)18-34-30(40)25-15-28(24-16-32(6,7)38-33(8,9)17-24)37-29-27(25)19-35-39(29)22(5)23-13-11-10-12-14-23/h10-16,19,21-22,38H,17-18H2,1-9H3,(H,34,40)(H,36,41). The Labute approximate surface area is 243 Å². The normalized spacial score (nSPS) is 16.7. The first kappa shape index (κ1) is 30.2. The summed E-state index contributed by atoms with van der Waals surface area (Å²) >= 11 is 0. The van der Waals surface area contributed by atoms with Gasteiger partial charge in [0.25, 0.3) is 5.91 Å². The fourth-order valence-corrected chi connectivity index (χ4v) is 5.70. The first-order chi connectivity index (χ1) is 19.2. The number of amides is 2. The maximum atomic E-state index is 13.8. The molecule has 8 heteroatoms. The molecule has 0 radical (unpaired) electrons. The molecule has 1 unspecified atom stereocenters. The zero-order chi connectivity index (χ0) is 30.1. The summed E-state index contributed by atoms with van der Waals surface area (Å²) in [6, 6.07) is 11.9. The third kappa shape index (κ3) is 6.93. The van der Waals surface area contributed by atoms with Crippen LogP contribution < -0.4 is 16.0 Å². The predicted molar refractivity (Wildman–Crippen MR) is 166 cm³/mol. The predicted octanol–water partition coefficient (Wildman–Crippen LogP) is 5.57. The zero-order valence-electron chi connectivity index (χ0n) is 25.8. The van der Waals surface area contributed by atoms with Gasteiger partial charge in [-0.3, -0.25) is 9.59 Å². The highest BCUT2D eigenvalue weighted by Gasteiger charge is 2.33. The van der Waals surface area contributed by atoms with E-state index < -0.39 is 0 Å². The van der Waals surface area contributed by atoms with Gasteiger partial charge in [-0.1, -0.05) is 42.0 Å². The Bertz CT molecular complexity index is 1510. The number of carbonyl (C=O) groups is 2. The molecule has 3 N–H and O–H groups in total. The summed E-state index contributed by atoms with van der Waals surface area (Å²) in [5.41, 5.74) is 5.10. The van der Waals surface area contributed by atoms with E-state index >= 15 is 0 Å². The minimum atomic E-state index is -0.269. The summed E-state index contributed by atoms with van der Waals surface area (Å²) in [6.07, 6.45) is 4.68. The molecule has 0 aliphatic carbocycles. The van der Waals surface area contributed by atoms with Gasteiger partial charge in [-0.2, -0.15) is 5.10 Å². The van der Waals surface area contributed by atoms with E-state index in [1.165, 1.54) is 0 Å². The van der Waals surface area contributed by atoms with E-state index in [-0.39, 0.29) is 41.5 Å². The Hall–Kier alpha value is -3.78. The number of nitrogens with zero attached hydrogens (tertiary/aromatic N) is 3. The van der Waals surface area contributed by atoms with Gasteiger partial charge in [0.1, 0.15) is 0 Å². The summed E-state index contributed by atoms with van der Waals surface area (Å²) in [7, 11) is 0. The lowest BCUT2D eigenvalue weighted by Crippen LogP contribution is -2.53. The van der Waals surface area contributed by atoms with Crippen LogP contribution in [0, 0.1) is 0 Å². The molecule has 218 valence electrons. The molecule has 8 nitrogen and oxygen atoms in total. The van der Waals surface area contributed by atoms with Crippen molar-refractivity contribution < 1.29 is 9.59 Å². The molecule has 1 aromatic carbocycles. The van der Waals surface area contributed by atoms with Crippen LogP contribution in [0.2, 0.25) is 0 Å². The molecule has 1 aliphatic heterocycles. The molecule has 2 aromatic heterocycles. The fourth-order valence-electron chi connectivity index (χ4n) is 5.70. The number of pyridine rings is 1. The van der Waals surface area contributed by atoms with Crippen LogP contribution >= 0.6 is 0 Å². The molecular weight excluding hydrogens is 512 g/mol. The van der Waals surface area contributed by atoms with Gasteiger partial charge >= 0.3 is 0 Å². The SMILES string of the molecule is CC(C)=C(CNC(=O)c1cc(C2=CC(C)(C)NC(C)(C)C2)nc2c1cnn2C(C)c1ccccc1)C(=O)NC(C)C. The lowest BCUT2D eigenvalue weighted by Gasteiger charge is -2.41. The van der Waals surface area contributed by atoms with Crippen LogP contribution in [0.15, 0.2) is 59.8 Å². The van der Waals surface area contributed by atoms with E-state index in [1.807, 2.05) is 56.6 Å². The topological polar surface area (TPSA) is 101 Å². The largest absolute Gasteiger partial charge is 0.350 e. The molecular formula is C33H44N6O2. The van der Waals surface area contributed by atoms with Gasteiger partial charge in [-0.05, 0) is 85.9 Å². The van der Waals surface area contributed by atoms with Crippen molar-refractivity contribution in [2.75, 3.05) is 6.54 Å². The highest BCUT2D eigenvalue weighted by Crippen LogP contribution is 2.35. The number of hydrogen-bond donors (Lipinski definition) is 3. The smallest absolute Gasteiger partial charge is 0.252 e. The Morgan fingerprint density at radius 1 is 1.07 bits per heavy atom. The molecule has 0 saturated carbocycles. The van der Waals surface area contributed by atoms with Crippen LogP contribution in [-0.4, -0.2) is 50.2 Å². The van der Waals surface area contributed by atoms with E-state index in [0.29, 0.717) is 22.2 Å². The maximum absolute atomic E-state index is 13.8. The summed E-state index contributed by atoms with van der Waals surface area (Å²) in [5, 5.41) is 15.0. The summed E-state index contributed by atoms with van der Waals surface area (Å²) in [4.78, 5) is 31.7. The van der Waals surface area contributed by atoms with Crippen LogP contribution in [0.3, 0.4) is 0 Å².